The van der Waals surface area contributed by atoms with Crippen LogP contribution >= 0.6 is 11.6 Å². The van der Waals surface area contributed by atoms with Gasteiger partial charge in [-0.1, -0.05) is 41.9 Å². The summed E-state index contributed by atoms with van der Waals surface area (Å²) < 4.78 is 11.2. The summed E-state index contributed by atoms with van der Waals surface area (Å²) in [6.45, 7) is 3.99. The molecule has 1 atom stereocenters. The third-order valence-electron chi connectivity index (χ3n) is 5.76. The summed E-state index contributed by atoms with van der Waals surface area (Å²) in [7, 11) is 1.55. The average molecular weight is 492 g/mol. The first-order valence-corrected chi connectivity index (χ1v) is 11.6. The van der Waals surface area contributed by atoms with Gasteiger partial charge in [0.1, 0.15) is 17.3 Å². The Bertz CT molecular complexity index is 1270. The van der Waals surface area contributed by atoms with Crippen LogP contribution < -0.4 is 9.47 Å². The van der Waals surface area contributed by atoms with Gasteiger partial charge in [0.2, 0.25) is 0 Å². The van der Waals surface area contributed by atoms with E-state index in [4.69, 9.17) is 21.1 Å². The summed E-state index contributed by atoms with van der Waals surface area (Å²) in [4.78, 5) is 28.0. The fourth-order valence-corrected chi connectivity index (χ4v) is 4.30. The summed E-state index contributed by atoms with van der Waals surface area (Å²) >= 11 is 5.99. The number of aliphatic hydroxyl groups excluding tert-OH is 1. The highest BCUT2D eigenvalue weighted by molar-refractivity contribution is 6.46. The van der Waals surface area contributed by atoms with Gasteiger partial charge >= 0.3 is 0 Å². The fraction of sp³-hybridized carbons (Fsp3) is 0.214. The maximum absolute atomic E-state index is 13.3. The number of methoxy groups -OCH3 is 1. The summed E-state index contributed by atoms with van der Waals surface area (Å²) in [5.74, 6) is -0.427. The summed E-state index contributed by atoms with van der Waals surface area (Å²) in [6.07, 6.45) is 0.00179. The molecule has 1 aliphatic heterocycles. The Balaban J connectivity index is 1.83. The van der Waals surface area contributed by atoms with Gasteiger partial charge < -0.3 is 19.5 Å². The highest BCUT2D eigenvalue weighted by Gasteiger charge is 2.46. The smallest absolute Gasteiger partial charge is 0.295 e. The summed E-state index contributed by atoms with van der Waals surface area (Å²) in [5.41, 5.74) is 1.83. The van der Waals surface area contributed by atoms with Crippen LogP contribution in [0.25, 0.3) is 5.76 Å². The Morgan fingerprint density at radius 1 is 1.00 bits per heavy atom. The molecule has 0 aromatic heterocycles. The number of benzene rings is 3. The molecule has 0 spiro atoms. The van der Waals surface area contributed by atoms with Crippen LogP contribution in [0.5, 0.6) is 11.5 Å². The minimum absolute atomic E-state index is 0.00179. The predicted octanol–water partition coefficient (Wildman–Crippen LogP) is 5.76. The van der Waals surface area contributed by atoms with Gasteiger partial charge in [0.05, 0.1) is 31.4 Å². The highest BCUT2D eigenvalue weighted by atomic mass is 35.5. The zero-order valence-corrected chi connectivity index (χ0v) is 20.5. The molecule has 1 unspecified atom stereocenters. The molecular formula is C28H26ClNO5. The summed E-state index contributed by atoms with van der Waals surface area (Å²) in [5, 5.41) is 11.7. The Morgan fingerprint density at radius 3 is 2.29 bits per heavy atom. The largest absolute Gasteiger partial charge is 0.507 e. The average Bonchev–Trinajstić information content (AvgIpc) is 3.09. The van der Waals surface area contributed by atoms with Gasteiger partial charge in [0.25, 0.3) is 11.7 Å². The normalized spacial score (nSPS) is 17.2. The van der Waals surface area contributed by atoms with Crippen molar-refractivity contribution in [1.82, 2.24) is 4.90 Å². The zero-order chi connectivity index (χ0) is 25.1. The molecule has 0 radical (unpaired) electrons. The highest BCUT2D eigenvalue weighted by Crippen LogP contribution is 2.41. The number of nitrogens with zero attached hydrogens (tertiary/aromatic N) is 1. The molecule has 6 nitrogen and oxygen atoms in total. The van der Waals surface area contributed by atoms with Crippen LogP contribution in [0.1, 0.15) is 36.6 Å². The molecule has 1 fully saturated rings. The molecule has 3 aromatic rings. The number of ketones is 1. The number of rotatable bonds is 7. The molecule has 1 N–H and O–H groups in total. The molecular weight excluding hydrogens is 466 g/mol. The van der Waals surface area contributed by atoms with Crippen molar-refractivity contribution in [2.75, 3.05) is 7.11 Å². The van der Waals surface area contributed by atoms with Crippen molar-refractivity contribution < 1.29 is 24.2 Å². The molecule has 4 rings (SSSR count). The zero-order valence-electron chi connectivity index (χ0n) is 19.7. The molecule has 0 bridgehead atoms. The van der Waals surface area contributed by atoms with E-state index in [-0.39, 0.29) is 24.0 Å². The molecule has 1 saturated heterocycles. The number of amides is 1. The van der Waals surface area contributed by atoms with Crippen molar-refractivity contribution in [3.63, 3.8) is 0 Å². The summed E-state index contributed by atoms with van der Waals surface area (Å²) in [6, 6.07) is 20.2. The van der Waals surface area contributed by atoms with Crippen LogP contribution in [0.2, 0.25) is 5.02 Å². The number of ether oxygens (including phenoxy) is 2. The number of hydrogen-bond acceptors (Lipinski definition) is 5. The van der Waals surface area contributed by atoms with Crippen molar-refractivity contribution in [2.24, 2.45) is 0 Å². The number of Topliss-reactive ketones (excluding diaryl/α,β-unsaturated/α-hetero) is 1. The lowest BCUT2D eigenvalue weighted by atomic mass is 9.95. The number of hydrogen-bond donors (Lipinski definition) is 1. The van der Waals surface area contributed by atoms with Crippen LogP contribution in [-0.2, 0) is 16.1 Å². The third-order valence-corrected chi connectivity index (χ3v) is 6.01. The predicted molar refractivity (Wildman–Crippen MR) is 134 cm³/mol. The first kappa shape index (κ1) is 24.4. The number of carbonyl (C=O) groups excluding carboxylic acids is 2. The Hall–Kier alpha value is -3.77. The molecule has 0 saturated carbocycles. The third kappa shape index (κ3) is 5.03. The second kappa shape index (κ2) is 10.2. The lowest BCUT2D eigenvalue weighted by Gasteiger charge is -2.26. The molecule has 1 amide bonds. The number of likely N-dealkylation sites (tertiary alicyclic amines) is 1. The van der Waals surface area contributed by atoms with E-state index in [1.807, 2.05) is 32.0 Å². The number of halogens is 1. The van der Waals surface area contributed by atoms with E-state index >= 15 is 0 Å². The van der Waals surface area contributed by atoms with Crippen molar-refractivity contribution >= 4 is 29.1 Å². The van der Waals surface area contributed by atoms with Crippen LogP contribution in [0.3, 0.4) is 0 Å². The van der Waals surface area contributed by atoms with E-state index in [1.165, 1.54) is 4.90 Å². The van der Waals surface area contributed by atoms with Gasteiger partial charge in [-0.3, -0.25) is 9.59 Å². The van der Waals surface area contributed by atoms with E-state index in [2.05, 4.69) is 0 Å². The van der Waals surface area contributed by atoms with Gasteiger partial charge in [0, 0.05) is 16.1 Å². The fourth-order valence-electron chi connectivity index (χ4n) is 4.17. The number of carbonyl (C=O) groups is 2. The van der Waals surface area contributed by atoms with Crippen molar-refractivity contribution in [2.45, 2.75) is 32.5 Å². The van der Waals surface area contributed by atoms with Crippen LogP contribution in [0.4, 0.5) is 0 Å². The van der Waals surface area contributed by atoms with Gasteiger partial charge in [-0.15, -0.1) is 0 Å². The number of para-hydroxylation sites is 1. The molecule has 1 aliphatic rings. The Labute approximate surface area is 209 Å². The minimum atomic E-state index is -0.802. The molecule has 0 aliphatic carbocycles. The van der Waals surface area contributed by atoms with Crippen molar-refractivity contribution in [3.05, 3.63) is 100 Å². The Kier molecular flexibility index (Phi) is 7.12. The SMILES string of the molecule is COc1ccccc1CN1C(=O)C(=O)/C(=C(/O)c2ccc(Cl)cc2)C1c1ccc(OC(C)C)cc1. The van der Waals surface area contributed by atoms with Crippen LogP contribution in [0.15, 0.2) is 78.4 Å². The lowest BCUT2D eigenvalue weighted by molar-refractivity contribution is -0.140. The molecule has 180 valence electrons. The lowest BCUT2D eigenvalue weighted by Crippen LogP contribution is -2.29. The van der Waals surface area contributed by atoms with Gasteiger partial charge in [-0.2, -0.15) is 0 Å². The van der Waals surface area contributed by atoms with E-state index in [9.17, 15) is 14.7 Å². The van der Waals surface area contributed by atoms with E-state index in [0.717, 1.165) is 5.56 Å². The van der Waals surface area contributed by atoms with Crippen molar-refractivity contribution in [3.8, 4) is 11.5 Å². The maximum Gasteiger partial charge on any atom is 0.295 e. The standard InChI is InChI=1S/C28H26ClNO5/c1-17(2)35-22-14-10-18(11-15-22)25-24(26(31)19-8-12-21(29)13-9-19)27(32)28(33)30(25)16-20-6-4-5-7-23(20)34-3/h4-15,17,25,31H,16H2,1-3H3/b26-24+. The van der Waals surface area contributed by atoms with E-state index in [1.54, 1.807) is 61.7 Å². The van der Waals surface area contributed by atoms with Gasteiger partial charge in [-0.25, -0.2) is 0 Å². The maximum atomic E-state index is 13.3. The minimum Gasteiger partial charge on any atom is -0.507 e. The van der Waals surface area contributed by atoms with Crippen molar-refractivity contribution in [1.29, 1.82) is 0 Å². The van der Waals surface area contributed by atoms with Gasteiger partial charge in [0.15, 0.2) is 0 Å². The molecule has 1 heterocycles. The number of aliphatic hydroxyl groups is 1. The topological polar surface area (TPSA) is 76.1 Å². The molecule has 35 heavy (non-hydrogen) atoms. The molecule has 7 heteroatoms. The van der Waals surface area contributed by atoms with E-state index < -0.39 is 17.7 Å². The van der Waals surface area contributed by atoms with Crippen LogP contribution in [-0.4, -0.2) is 34.9 Å². The molecule has 3 aromatic carbocycles. The Morgan fingerprint density at radius 2 is 1.66 bits per heavy atom. The monoisotopic (exact) mass is 491 g/mol. The van der Waals surface area contributed by atoms with Crippen LogP contribution in [0, 0.1) is 0 Å². The van der Waals surface area contributed by atoms with E-state index in [0.29, 0.717) is 27.6 Å². The quantitative estimate of drug-likeness (QED) is 0.258. The first-order chi connectivity index (χ1) is 16.8. The second-order valence-corrected chi connectivity index (χ2v) is 8.92. The van der Waals surface area contributed by atoms with Gasteiger partial charge in [-0.05, 0) is 61.9 Å². The second-order valence-electron chi connectivity index (χ2n) is 8.48. The first-order valence-electron chi connectivity index (χ1n) is 11.2.